The number of amides is 1. The molecule has 0 aliphatic heterocycles. The van der Waals surface area contributed by atoms with Gasteiger partial charge in [0.1, 0.15) is 11.2 Å². The smallest absolute Gasteiger partial charge is 0.258 e. The molecule has 140 valence electrons. The maximum atomic E-state index is 12.9. The number of H-pyrrole nitrogens is 1. The fourth-order valence-electron chi connectivity index (χ4n) is 3.01. The number of hydrogen-bond acceptors (Lipinski definition) is 3. The van der Waals surface area contributed by atoms with E-state index in [4.69, 9.17) is 23.2 Å². The number of halogens is 2. The van der Waals surface area contributed by atoms with Crippen molar-refractivity contribution in [1.82, 2.24) is 14.9 Å². The third-order valence-electron chi connectivity index (χ3n) is 4.48. The van der Waals surface area contributed by atoms with E-state index in [1.807, 2.05) is 44.2 Å². The second kappa shape index (κ2) is 8.11. The number of carbonyl (C=O) groups is 1. The van der Waals surface area contributed by atoms with Crippen LogP contribution in [0.1, 0.15) is 36.7 Å². The van der Waals surface area contributed by atoms with Gasteiger partial charge in [-0.15, -0.1) is 11.6 Å². The van der Waals surface area contributed by atoms with Crippen LogP contribution in [0.25, 0.3) is 10.9 Å². The average molecular weight is 404 g/mol. The summed E-state index contributed by atoms with van der Waals surface area (Å²) >= 11 is 12.4. The van der Waals surface area contributed by atoms with Gasteiger partial charge in [0.25, 0.3) is 5.56 Å². The fourth-order valence-corrected chi connectivity index (χ4v) is 3.44. The van der Waals surface area contributed by atoms with Crippen LogP contribution >= 0.6 is 23.2 Å². The summed E-state index contributed by atoms with van der Waals surface area (Å²) in [7, 11) is 0. The number of nitrogens with zero attached hydrogens (tertiary/aromatic N) is 2. The molecule has 1 aromatic heterocycles. The molecule has 0 spiro atoms. The zero-order chi connectivity index (χ0) is 19.6. The zero-order valence-electron chi connectivity index (χ0n) is 14.9. The molecular formula is C20H19Cl2N3O2. The maximum absolute atomic E-state index is 12.9. The van der Waals surface area contributed by atoms with Crippen molar-refractivity contribution in [3.05, 3.63) is 75.3 Å². The molecule has 0 aliphatic rings. The van der Waals surface area contributed by atoms with Crippen LogP contribution in [0.5, 0.6) is 0 Å². The molecule has 0 fully saturated rings. The number of benzene rings is 2. The van der Waals surface area contributed by atoms with Crippen molar-refractivity contribution < 1.29 is 4.79 Å². The molecule has 7 heteroatoms. The molecule has 0 saturated carbocycles. The van der Waals surface area contributed by atoms with E-state index in [1.54, 1.807) is 23.1 Å². The zero-order valence-corrected chi connectivity index (χ0v) is 16.5. The third kappa shape index (κ3) is 3.99. The topological polar surface area (TPSA) is 66.1 Å². The summed E-state index contributed by atoms with van der Waals surface area (Å²) in [5, 5.41) is 0.131. The van der Waals surface area contributed by atoms with Crippen molar-refractivity contribution in [3.8, 4) is 0 Å². The highest BCUT2D eigenvalue weighted by atomic mass is 35.5. The summed E-state index contributed by atoms with van der Waals surface area (Å²) in [5.74, 6) is 0.147. The van der Waals surface area contributed by atoms with E-state index < -0.39 is 11.4 Å². The second-order valence-electron chi connectivity index (χ2n) is 6.19. The van der Waals surface area contributed by atoms with Gasteiger partial charge in [-0.05, 0) is 37.6 Å². The normalized spacial score (nSPS) is 13.3. The SMILES string of the molecule is CCN(C(=O)[C@H](Cl)c1ccccc1)[C@@H](C)c1nc2cc(Cl)ccc2c(=O)[nH]1. The Morgan fingerprint density at radius 3 is 2.59 bits per heavy atom. The minimum Gasteiger partial charge on any atom is -0.331 e. The van der Waals surface area contributed by atoms with Gasteiger partial charge in [-0.1, -0.05) is 41.9 Å². The minimum atomic E-state index is -0.810. The lowest BCUT2D eigenvalue weighted by Crippen LogP contribution is -2.37. The summed E-state index contributed by atoms with van der Waals surface area (Å²) in [5.41, 5.74) is 0.941. The number of fused-ring (bicyclic) bond motifs is 1. The van der Waals surface area contributed by atoms with E-state index in [2.05, 4.69) is 9.97 Å². The molecule has 0 unspecified atom stereocenters. The number of aromatic amines is 1. The largest absolute Gasteiger partial charge is 0.331 e. The van der Waals surface area contributed by atoms with Gasteiger partial charge in [-0.2, -0.15) is 0 Å². The number of carbonyl (C=O) groups excluding carboxylic acids is 1. The summed E-state index contributed by atoms with van der Waals surface area (Å²) < 4.78 is 0. The Morgan fingerprint density at radius 2 is 1.93 bits per heavy atom. The number of alkyl halides is 1. The first-order valence-corrected chi connectivity index (χ1v) is 9.42. The Balaban J connectivity index is 1.95. The van der Waals surface area contributed by atoms with Gasteiger partial charge < -0.3 is 9.88 Å². The summed E-state index contributed by atoms with van der Waals surface area (Å²) in [6.07, 6.45) is 0. The van der Waals surface area contributed by atoms with Crippen LogP contribution in [0.15, 0.2) is 53.3 Å². The van der Waals surface area contributed by atoms with Gasteiger partial charge in [-0.25, -0.2) is 4.98 Å². The number of hydrogen-bond donors (Lipinski definition) is 1. The van der Waals surface area contributed by atoms with Crippen LogP contribution in [0.4, 0.5) is 0 Å². The van der Waals surface area contributed by atoms with Gasteiger partial charge >= 0.3 is 0 Å². The molecule has 2 atom stereocenters. The highest BCUT2D eigenvalue weighted by molar-refractivity contribution is 6.31. The van der Waals surface area contributed by atoms with Crippen LogP contribution in [0, 0.1) is 0 Å². The van der Waals surface area contributed by atoms with E-state index in [-0.39, 0.29) is 11.5 Å². The van der Waals surface area contributed by atoms with E-state index in [1.165, 1.54) is 0 Å². The first-order valence-electron chi connectivity index (χ1n) is 8.61. The fraction of sp³-hybridized carbons (Fsp3) is 0.250. The predicted molar refractivity (Wildman–Crippen MR) is 108 cm³/mol. The molecule has 1 heterocycles. The molecule has 1 amide bonds. The van der Waals surface area contributed by atoms with Crippen molar-refractivity contribution in [2.24, 2.45) is 0 Å². The first kappa shape index (κ1) is 19.4. The van der Waals surface area contributed by atoms with Gasteiger partial charge in [0.05, 0.1) is 16.9 Å². The van der Waals surface area contributed by atoms with Crippen LogP contribution in [0.2, 0.25) is 5.02 Å². The standard InChI is InChI=1S/C20H19Cl2N3O2/c1-3-25(20(27)17(22)13-7-5-4-6-8-13)12(2)18-23-16-11-14(21)9-10-15(16)19(26)24-18/h4-12,17H,3H2,1-2H3,(H,23,24,26)/t12-,17+/m0/s1. The molecule has 0 aliphatic carbocycles. The van der Waals surface area contributed by atoms with Crippen molar-refractivity contribution in [1.29, 1.82) is 0 Å². The Bertz CT molecular complexity index is 1020. The third-order valence-corrected chi connectivity index (χ3v) is 5.16. The average Bonchev–Trinajstić information content (AvgIpc) is 2.67. The molecule has 3 aromatic rings. The van der Waals surface area contributed by atoms with Gasteiger partial charge in [0.15, 0.2) is 0 Å². The van der Waals surface area contributed by atoms with Gasteiger partial charge in [-0.3, -0.25) is 9.59 Å². The lowest BCUT2D eigenvalue weighted by atomic mass is 10.1. The van der Waals surface area contributed by atoms with Crippen LogP contribution in [0.3, 0.4) is 0 Å². The molecule has 0 bridgehead atoms. The quantitative estimate of drug-likeness (QED) is 0.639. The lowest BCUT2D eigenvalue weighted by molar-refractivity contribution is -0.133. The molecule has 0 saturated heterocycles. The van der Waals surface area contributed by atoms with Crippen LogP contribution < -0.4 is 5.56 Å². The summed E-state index contributed by atoms with van der Waals surface area (Å²) in [6.45, 7) is 4.09. The van der Waals surface area contributed by atoms with Gasteiger partial charge in [0, 0.05) is 11.6 Å². The molecule has 0 radical (unpaired) electrons. The minimum absolute atomic E-state index is 0.244. The highest BCUT2D eigenvalue weighted by Gasteiger charge is 2.28. The molecule has 1 N–H and O–H groups in total. The highest BCUT2D eigenvalue weighted by Crippen LogP contribution is 2.27. The van der Waals surface area contributed by atoms with E-state index in [9.17, 15) is 9.59 Å². The predicted octanol–water partition coefficient (Wildman–Crippen LogP) is 4.47. The van der Waals surface area contributed by atoms with Crippen LogP contribution in [-0.4, -0.2) is 27.3 Å². The maximum Gasteiger partial charge on any atom is 0.258 e. The number of likely N-dealkylation sites (N-methyl/N-ethyl adjacent to an activating group) is 1. The molecule has 27 heavy (non-hydrogen) atoms. The van der Waals surface area contributed by atoms with E-state index in [0.717, 1.165) is 5.56 Å². The molecule has 2 aromatic carbocycles. The Kier molecular flexibility index (Phi) is 5.82. The number of nitrogens with one attached hydrogen (secondary N) is 1. The monoisotopic (exact) mass is 403 g/mol. The Labute approximate surface area is 166 Å². The van der Waals surface area contributed by atoms with Crippen molar-refractivity contribution in [2.45, 2.75) is 25.3 Å². The number of aromatic nitrogens is 2. The van der Waals surface area contributed by atoms with Crippen LogP contribution in [-0.2, 0) is 4.79 Å². The van der Waals surface area contributed by atoms with Crippen molar-refractivity contribution in [3.63, 3.8) is 0 Å². The van der Waals surface area contributed by atoms with E-state index in [0.29, 0.717) is 28.3 Å². The lowest BCUT2D eigenvalue weighted by Gasteiger charge is -2.29. The summed E-state index contributed by atoms with van der Waals surface area (Å²) in [4.78, 5) is 34.2. The number of rotatable bonds is 5. The van der Waals surface area contributed by atoms with Crippen molar-refractivity contribution in [2.75, 3.05) is 6.54 Å². The Hall–Kier alpha value is -2.37. The second-order valence-corrected chi connectivity index (χ2v) is 7.06. The first-order chi connectivity index (χ1) is 12.9. The van der Waals surface area contributed by atoms with Gasteiger partial charge in [0.2, 0.25) is 5.91 Å². The Morgan fingerprint density at radius 1 is 1.22 bits per heavy atom. The molecule has 3 rings (SSSR count). The summed E-state index contributed by atoms with van der Waals surface area (Å²) in [6, 6.07) is 13.6. The molecule has 5 nitrogen and oxygen atoms in total. The van der Waals surface area contributed by atoms with Crippen molar-refractivity contribution >= 4 is 40.0 Å². The molecular weight excluding hydrogens is 385 g/mol. The van der Waals surface area contributed by atoms with E-state index >= 15 is 0 Å².